The Morgan fingerprint density at radius 1 is 0.667 bits per heavy atom. The van der Waals surface area contributed by atoms with Gasteiger partial charge in [0.1, 0.15) is 33.8 Å². The Hall–Kier alpha value is -4.94. The second-order valence-corrected chi connectivity index (χ2v) is 19.4. The van der Waals surface area contributed by atoms with Gasteiger partial charge in [-0.1, -0.05) is 11.8 Å². The number of imide groups is 1. The molecule has 60 heavy (non-hydrogen) atoms. The van der Waals surface area contributed by atoms with E-state index in [1.54, 1.807) is 41.5 Å². The average Bonchev–Trinajstić information content (AvgIpc) is 3.37. The fraction of sp³-hybridized carbons (Fsp3) is 0.618. The molecule has 0 bridgehead atoms. The molecule has 0 atom stereocenters. The lowest BCUT2D eigenvalue weighted by Gasteiger charge is -2.25. The Kier molecular flexibility index (Phi) is 18.4. The van der Waals surface area contributed by atoms with E-state index in [0.717, 1.165) is 0 Å². The molecule has 0 radical (unpaired) electrons. The Morgan fingerprint density at radius 2 is 1.08 bits per heavy atom. The molecule has 338 valence electrons. The van der Waals surface area contributed by atoms with Crippen molar-refractivity contribution in [2.24, 2.45) is 0 Å². The zero-order valence-corrected chi connectivity index (χ0v) is 36.1. The van der Waals surface area contributed by atoms with Crippen LogP contribution in [-0.2, 0) is 60.8 Å². The van der Waals surface area contributed by atoms with Crippen LogP contribution < -0.4 is 24.8 Å². The van der Waals surface area contributed by atoms with Crippen LogP contribution in [0.2, 0.25) is 0 Å². The molecular weight excluding hydrogens is 867 g/mol. The van der Waals surface area contributed by atoms with E-state index in [2.05, 4.69) is 22.5 Å². The fourth-order valence-corrected chi connectivity index (χ4v) is 6.18. The Morgan fingerprint density at radius 3 is 1.52 bits per heavy atom. The van der Waals surface area contributed by atoms with E-state index in [0.29, 0.717) is 0 Å². The number of alkyl carbamates (subject to hydrolysis) is 2. The molecule has 0 aliphatic carbocycles. The van der Waals surface area contributed by atoms with Crippen molar-refractivity contribution >= 4 is 60.3 Å². The molecule has 4 amide bonds. The second-order valence-electron chi connectivity index (χ2n) is 14.7. The molecule has 0 spiro atoms. The molecule has 0 aromatic heterocycles. The minimum atomic E-state index is -4.56. The smallest absolute Gasteiger partial charge is 0.408 e. The second kappa shape index (κ2) is 21.5. The van der Waals surface area contributed by atoms with Crippen molar-refractivity contribution < 1.29 is 91.4 Å². The number of carbonyl (C=O) groups is 5. The van der Waals surface area contributed by atoms with Gasteiger partial charge in [0.2, 0.25) is 0 Å². The largest absolute Gasteiger partial charge is 0.492 e. The zero-order chi connectivity index (χ0) is 45.7. The Bertz CT molecular complexity index is 2150. The molecule has 1 aliphatic heterocycles. The highest BCUT2D eigenvalue weighted by Crippen LogP contribution is 2.45. The first kappa shape index (κ1) is 51.2. The third kappa shape index (κ3) is 19.4. The Labute approximate surface area is 347 Å². The lowest BCUT2D eigenvalue weighted by atomic mass is 9.99. The highest BCUT2D eigenvalue weighted by molar-refractivity contribution is 7.86. The summed E-state index contributed by atoms with van der Waals surface area (Å²) >= 11 is 0. The molecule has 0 saturated carbocycles. The Balaban J connectivity index is 3.07. The van der Waals surface area contributed by atoms with E-state index in [9.17, 15) is 62.9 Å². The summed E-state index contributed by atoms with van der Waals surface area (Å²) in [6.45, 7) is 6.45. The molecule has 5 N–H and O–H groups in total. The number of hydrogen-bond donors (Lipinski definition) is 5. The lowest BCUT2D eigenvalue weighted by Crippen LogP contribution is -2.33. The van der Waals surface area contributed by atoms with Gasteiger partial charge in [0.25, 0.3) is 42.2 Å². The van der Waals surface area contributed by atoms with Gasteiger partial charge in [-0.2, -0.15) is 25.3 Å². The molecule has 1 aromatic rings. The van der Waals surface area contributed by atoms with Crippen LogP contribution in [0.4, 0.5) is 9.59 Å². The van der Waals surface area contributed by atoms with E-state index in [-0.39, 0.29) is 29.9 Å². The molecule has 0 unspecified atom stereocenters. The molecule has 26 heteroatoms. The van der Waals surface area contributed by atoms with E-state index in [1.807, 2.05) is 0 Å². The van der Waals surface area contributed by atoms with Gasteiger partial charge in [-0.25, -0.2) is 14.4 Å². The molecule has 1 saturated heterocycles. The summed E-state index contributed by atoms with van der Waals surface area (Å²) in [5.41, 5.74) is -3.55. The quantitative estimate of drug-likeness (QED) is 0.0538. The van der Waals surface area contributed by atoms with Crippen molar-refractivity contribution in [3.8, 4) is 29.1 Å². The summed E-state index contributed by atoms with van der Waals surface area (Å²) < 4.78 is 125. The number of ether oxygens (including phenoxy) is 5. The van der Waals surface area contributed by atoms with Crippen molar-refractivity contribution in [3.63, 3.8) is 0 Å². The molecule has 1 aromatic carbocycles. The third-order valence-corrected chi connectivity index (χ3v) is 9.38. The van der Waals surface area contributed by atoms with Crippen LogP contribution in [0.5, 0.6) is 17.2 Å². The van der Waals surface area contributed by atoms with Crippen LogP contribution in [-0.4, -0.2) is 129 Å². The van der Waals surface area contributed by atoms with Crippen molar-refractivity contribution in [2.75, 3.05) is 43.6 Å². The first-order valence-electron chi connectivity index (χ1n) is 17.9. The van der Waals surface area contributed by atoms with Crippen LogP contribution in [0.1, 0.15) is 95.1 Å². The molecule has 2 rings (SSSR count). The normalized spacial score (nSPS) is 13.5. The number of hydroxylamine groups is 2. The molecule has 1 aliphatic rings. The van der Waals surface area contributed by atoms with Crippen LogP contribution in [0.15, 0.2) is 0 Å². The number of carbonyl (C=O) groups excluding carboxylic acids is 5. The highest BCUT2D eigenvalue weighted by atomic mass is 32.2. The van der Waals surface area contributed by atoms with Crippen LogP contribution in [0.3, 0.4) is 0 Å². The van der Waals surface area contributed by atoms with E-state index >= 15 is 0 Å². The summed E-state index contributed by atoms with van der Waals surface area (Å²) in [5, 5.41) is 4.94. The number of benzene rings is 1. The summed E-state index contributed by atoms with van der Waals surface area (Å²) in [6.07, 6.45) is -3.90. The molecule has 1 fully saturated rings. The van der Waals surface area contributed by atoms with Gasteiger partial charge in [0.15, 0.2) is 5.75 Å². The predicted molar refractivity (Wildman–Crippen MR) is 207 cm³/mol. The first-order chi connectivity index (χ1) is 27.5. The van der Waals surface area contributed by atoms with Crippen molar-refractivity contribution in [1.82, 2.24) is 15.7 Å². The van der Waals surface area contributed by atoms with E-state index in [4.69, 9.17) is 28.5 Å². The fourth-order valence-electron chi connectivity index (χ4n) is 4.73. The monoisotopic (exact) mass is 915 g/mol. The van der Waals surface area contributed by atoms with Gasteiger partial charge in [0, 0.05) is 12.8 Å². The standard InChI is InChI=1S/C34H49N3O20S3/c1-33(2,3)55-31(41)35-14-7-11-22-27(52-15-8-18-58(43,44)45)23(21-36-32(42)56-34(4,5)6)29(54-17-10-20-60(49,50)51)26(28(22)53-16-9-19-59(46,47)48)30(40)57-37-24(38)12-13-25(37)39/h8-10,12-21H2,1-6H3,(H,35,41)(H,36,42)(H,43,44,45)(H,46,47,48)(H,49,50,51). The number of hydrogen-bond acceptors (Lipinski definition) is 17. The van der Waals surface area contributed by atoms with Crippen LogP contribution in [0.25, 0.3) is 0 Å². The summed E-state index contributed by atoms with van der Waals surface area (Å²) in [5.74, 6) is -2.50. The van der Waals surface area contributed by atoms with E-state index < -0.39 is 163 Å². The van der Waals surface area contributed by atoms with Gasteiger partial charge in [0.05, 0.1) is 55.7 Å². The number of rotatable bonds is 20. The number of nitrogens with one attached hydrogen (secondary N) is 2. The minimum absolute atomic E-state index is 0.154. The number of amides is 4. The average molecular weight is 916 g/mol. The van der Waals surface area contributed by atoms with E-state index in [1.165, 1.54) is 0 Å². The van der Waals surface area contributed by atoms with Crippen molar-refractivity contribution in [1.29, 1.82) is 0 Å². The maximum atomic E-state index is 14.2. The minimum Gasteiger partial charge on any atom is -0.492 e. The molecule has 23 nitrogen and oxygen atoms in total. The predicted octanol–water partition coefficient (Wildman–Crippen LogP) is 1.78. The molecular formula is C34H49N3O20S3. The van der Waals surface area contributed by atoms with Gasteiger partial charge in [-0.15, -0.1) is 5.06 Å². The summed E-state index contributed by atoms with van der Waals surface area (Å²) in [7, 11) is -13.7. The SMILES string of the molecule is CC(C)(C)OC(=O)NCC#Cc1c(OCCCS(=O)(=O)O)c(CNC(=O)OC(C)(C)C)c(OCCCS(=O)(=O)O)c(C(=O)ON2C(=O)CCC2=O)c1OCCCS(=O)(=O)O. The summed E-state index contributed by atoms with van der Waals surface area (Å²) in [4.78, 5) is 69.8. The van der Waals surface area contributed by atoms with Crippen molar-refractivity contribution in [3.05, 3.63) is 16.7 Å². The molecule has 1 heterocycles. The highest BCUT2D eigenvalue weighted by Gasteiger charge is 2.38. The van der Waals surface area contributed by atoms with Gasteiger partial charge >= 0.3 is 18.2 Å². The lowest BCUT2D eigenvalue weighted by molar-refractivity contribution is -0.172. The third-order valence-electron chi connectivity index (χ3n) is 6.96. The van der Waals surface area contributed by atoms with Gasteiger partial charge in [-0.05, 0) is 60.8 Å². The van der Waals surface area contributed by atoms with Crippen LogP contribution >= 0.6 is 0 Å². The number of nitrogens with zero attached hydrogens (tertiary/aromatic N) is 1. The van der Waals surface area contributed by atoms with Crippen LogP contribution in [0, 0.1) is 11.8 Å². The maximum Gasteiger partial charge on any atom is 0.408 e. The summed E-state index contributed by atoms with van der Waals surface area (Å²) in [6, 6.07) is 0. The first-order valence-corrected chi connectivity index (χ1v) is 22.8. The topological polar surface area (TPSA) is 331 Å². The van der Waals surface area contributed by atoms with Crippen molar-refractivity contribution in [2.45, 2.75) is 91.4 Å². The van der Waals surface area contributed by atoms with Gasteiger partial charge in [-0.3, -0.25) is 23.2 Å². The maximum absolute atomic E-state index is 14.2. The van der Waals surface area contributed by atoms with Gasteiger partial charge < -0.3 is 39.2 Å². The zero-order valence-electron chi connectivity index (χ0n) is 33.6.